The first-order valence-electron chi connectivity index (χ1n) is 6.66. The molecule has 0 amide bonds. The van der Waals surface area contributed by atoms with Crippen molar-refractivity contribution in [3.8, 4) is 5.75 Å². The molecular weight excluding hydrogens is 272 g/mol. The van der Waals surface area contributed by atoms with Crippen LogP contribution in [0.4, 0.5) is 0 Å². The number of rotatable bonds is 5. The molecule has 0 radical (unpaired) electrons. The zero-order valence-electron chi connectivity index (χ0n) is 11.6. The molecule has 110 valence electrons. The van der Waals surface area contributed by atoms with E-state index in [-0.39, 0.29) is 11.7 Å². The first kappa shape index (κ1) is 13.6. The molecule has 3 rings (SSSR count). The Bertz CT molecular complexity index is 632. The highest BCUT2D eigenvalue weighted by molar-refractivity contribution is 5.84. The molecule has 7 nitrogen and oxygen atoms in total. The molecule has 0 bridgehead atoms. The summed E-state index contributed by atoms with van der Waals surface area (Å²) in [5.41, 5.74) is 1.21. The van der Waals surface area contributed by atoms with Crippen LogP contribution in [0, 0.1) is 0 Å². The molecule has 0 aliphatic carbocycles. The van der Waals surface area contributed by atoms with Gasteiger partial charge in [0.1, 0.15) is 5.75 Å². The molecule has 0 unspecified atom stereocenters. The summed E-state index contributed by atoms with van der Waals surface area (Å²) >= 11 is 0. The number of benzene rings is 1. The molecule has 0 spiro atoms. The Labute approximate surface area is 121 Å². The number of carbonyl (C=O) groups is 1. The fraction of sp³-hybridized carbons (Fsp3) is 0.357. The SMILES string of the molecule is COc1ccc(CN2CC(n3cc(C(=O)O)nn3)C2)cc1. The summed E-state index contributed by atoms with van der Waals surface area (Å²) in [4.78, 5) is 13.0. The van der Waals surface area contributed by atoms with Crippen molar-refractivity contribution in [1.29, 1.82) is 0 Å². The van der Waals surface area contributed by atoms with Crippen LogP contribution in [0.25, 0.3) is 0 Å². The van der Waals surface area contributed by atoms with E-state index in [1.807, 2.05) is 24.3 Å². The van der Waals surface area contributed by atoms with Gasteiger partial charge in [0.2, 0.25) is 0 Å². The molecule has 21 heavy (non-hydrogen) atoms. The minimum absolute atomic E-state index is 0.0106. The lowest BCUT2D eigenvalue weighted by Crippen LogP contribution is -2.47. The molecule has 1 aliphatic heterocycles. The molecule has 0 atom stereocenters. The molecule has 1 aliphatic rings. The van der Waals surface area contributed by atoms with Gasteiger partial charge in [-0.1, -0.05) is 17.3 Å². The monoisotopic (exact) mass is 288 g/mol. The number of hydrogen-bond donors (Lipinski definition) is 1. The lowest BCUT2D eigenvalue weighted by Gasteiger charge is -2.38. The van der Waals surface area contributed by atoms with Crippen LogP contribution < -0.4 is 4.74 Å². The zero-order valence-corrected chi connectivity index (χ0v) is 11.6. The number of aromatic nitrogens is 3. The molecule has 0 saturated carbocycles. The van der Waals surface area contributed by atoms with Gasteiger partial charge in [-0.3, -0.25) is 4.90 Å². The van der Waals surface area contributed by atoms with Crippen LogP contribution in [0.3, 0.4) is 0 Å². The molecule has 2 aromatic rings. The second-order valence-corrected chi connectivity index (χ2v) is 5.08. The number of hydrogen-bond acceptors (Lipinski definition) is 5. The van der Waals surface area contributed by atoms with E-state index in [4.69, 9.17) is 9.84 Å². The smallest absolute Gasteiger partial charge is 0.358 e. The first-order valence-corrected chi connectivity index (χ1v) is 6.66. The minimum atomic E-state index is -1.05. The predicted molar refractivity (Wildman–Crippen MR) is 74.3 cm³/mol. The molecule has 1 saturated heterocycles. The van der Waals surface area contributed by atoms with Crippen molar-refractivity contribution in [3.63, 3.8) is 0 Å². The average Bonchev–Trinajstić information content (AvgIpc) is 2.92. The number of carboxylic acid groups (broad SMARTS) is 1. The Kier molecular flexibility index (Phi) is 3.57. The van der Waals surface area contributed by atoms with Crippen LogP contribution in [0.2, 0.25) is 0 Å². The van der Waals surface area contributed by atoms with E-state index in [2.05, 4.69) is 15.2 Å². The zero-order chi connectivity index (χ0) is 14.8. The van der Waals surface area contributed by atoms with Crippen LogP contribution in [-0.2, 0) is 6.54 Å². The van der Waals surface area contributed by atoms with Gasteiger partial charge >= 0.3 is 5.97 Å². The number of ether oxygens (including phenoxy) is 1. The third kappa shape index (κ3) is 2.87. The Balaban J connectivity index is 1.53. The number of carboxylic acids is 1. The van der Waals surface area contributed by atoms with Gasteiger partial charge in [-0.15, -0.1) is 5.10 Å². The van der Waals surface area contributed by atoms with Gasteiger partial charge in [-0.05, 0) is 17.7 Å². The first-order chi connectivity index (χ1) is 10.2. The summed E-state index contributed by atoms with van der Waals surface area (Å²) in [6, 6.07) is 8.18. The van der Waals surface area contributed by atoms with Gasteiger partial charge in [0.25, 0.3) is 0 Å². The van der Waals surface area contributed by atoms with E-state index in [1.54, 1.807) is 11.8 Å². The van der Waals surface area contributed by atoms with Gasteiger partial charge in [0, 0.05) is 19.6 Å². The van der Waals surface area contributed by atoms with Crippen LogP contribution in [0.15, 0.2) is 30.5 Å². The van der Waals surface area contributed by atoms with Crippen molar-refractivity contribution in [3.05, 3.63) is 41.7 Å². The van der Waals surface area contributed by atoms with Crippen molar-refractivity contribution >= 4 is 5.97 Å². The lowest BCUT2D eigenvalue weighted by atomic mass is 10.1. The quantitative estimate of drug-likeness (QED) is 0.885. The van der Waals surface area contributed by atoms with Crippen molar-refractivity contribution in [2.45, 2.75) is 12.6 Å². The van der Waals surface area contributed by atoms with Crippen molar-refractivity contribution in [1.82, 2.24) is 19.9 Å². The third-order valence-electron chi connectivity index (χ3n) is 3.61. The highest BCUT2D eigenvalue weighted by Gasteiger charge is 2.29. The van der Waals surface area contributed by atoms with E-state index < -0.39 is 5.97 Å². The Morgan fingerprint density at radius 3 is 2.67 bits per heavy atom. The topological polar surface area (TPSA) is 80.5 Å². The Morgan fingerprint density at radius 1 is 1.38 bits per heavy atom. The maximum Gasteiger partial charge on any atom is 0.358 e. The molecule has 1 aromatic heterocycles. The van der Waals surface area contributed by atoms with Gasteiger partial charge in [-0.25, -0.2) is 9.48 Å². The van der Waals surface area contributed by atoms with Crippen molar-refractivity contribution < 1.29 is 14.6 Å². The third-order valence-corrected chi connectivity index (χ3v) is 3.61. The molecule has 1 aromatic carbocycles. The molecular formula is C14H16N4O3. The Morgan fingerprint density at radius 2 is 2.10 bits per heavy atom. The summed E-state index contributed by atoms with van der Waals surface area (Å²) in [6.45, 7) is 2.55. The number of aromatic carboxylic acids is 1. The minimum Gasteiger partial charge on any atom is -0.497 e. The van der Waals surface area contributed by atoms with Crippen molar-refractivity contribution in [2.75, 3.05) is 20.2 Å². The largest absolute Gasteiger partial charge is 0.497 e. The summed E-state index contributed by atoms with van der Waals surface area (Å²) in [7, 11) is 1.65. The van der Waals surface area contributed by atoms with Gasteiger partial charge in [0.15, 0.2) is 5.69 Å². The van der Waals surface area contributed by atoms with E-state index >= 15 is 0 Å². The van der Waals surface area contributed by atoms with Crippen LogP contribution in [0.5, 0.6) is 5.75 Å². The molecule has 1 N–H and O–H groups in total. The molecule has 7 heteroatoms. The van der Waals surface area contributed by atoms with Gasteiger partial charge < -0.3 is 9.84 Å². The van der Waals surface area contributed by atoms with E-state index in [1.165, 1.54) is 11.8 Å². The highest BCUT2D eigenvalue weighted by atomic mass is 16.5. The normalized spacial score (nSPS) is 15.7. The van der Waals surface area contributed by atoms with Gasteiger partial charge in [-0.2, -0.15) is 0 Å². The maximum atomic E-state index is 10.8. The second kappa shape index (κ2) is 5.53. The van der Waals surface area contributed by atoms with Crippen LogP contribution in [-0.4, -0.2) is 51.2 Å². The number of nitrogens with zero attached hydrogens (tertiary/aromatic N) is 4. The van der Waals surface area contributed by atoms with E-state index in [0.29, 0.717) is 0 Å². The summed E-state index contributed by atoms with van der Waals surface area (Å²) in [5, 5.41) is 16.3. The summed E-state index contributed by atoms with van der Waals surface area (Å²) in [5.74, 6) is -0.195. The standard InChI is InChI=1S/C14H16N4O3/c1-21-12-4-2-10(3-5-12)6-17-7-11(8-17)18-9-13(14(19)20)15-16-18/h2-5,9,11H,6-8H2,1H3,(H,19,20). The second-order valence-electron chi connectivity index (χ2n) is 5.08. The van der Waals surface area contributed by atoms with Crippen molar-refractivity contribution in [2.24, 2.45) is 0 Å². The molecule has 2 heterocycles. The van der Waals surface area contributed by atoms with Crippen LogP contribution in [0.1, 0.15) is 22.1 Å². The fourth-order valence-electron chi connectivity index (χ4n) is 2.38. The fourth-order valence-corrected chi connectivity index (χ4v) is 2.38. The lowest BCUT2D eigenvalue weighted by molar-refractivity contribution is 0.0690. The average molecular weight is 288 g/mol. The predicted octanol–water partition coefficient (Wildman–Crippen LogP) is 1.04. The summed E-state index contributed by atoms with van der Waals surface area (Å²) in [6.07, 6.45) is 1.48. The Hall–Kier alpha value is -2.41. The van der Waals surface area contributed by atoms with E-state index in [9.17, 15) is 4.79 Å². The van der Waals surface area contributed by atoms with Gasteiger partial charge in [0.05, 0.1) is 19.3 Å². The number of likely N-dealkylation sites (tertiary alicyclic amines) is 1. The number of methoxy groups -OCH3 is 1. The molecule has 1 fully saturated rings. The highest BCUT2D eigenvalue weighted by Crippen LogP contribution is 2.23. The maximum absolute atomic E-state index is 10.8. The van der Waals surface area contributed by atoms with E-state index in [0.717, 1.165) is 25.4 Å². The summed E-state index contributed by atoms with van der Waals surface area (Å²) < 4.78 is 6.76. The van der Waals surface area contributed by atoms with Crippen LogP contribution >= 0.6 is 0 Å².